The van der Waals surface area contributed by atoms with Gasteiger partial charge in [0.2, 0.25) is 0 Å². The molecule has 2 aliphatic carbocycles. The lowest BCUT2D eigenvalue weighted by atomic mass is 9.92. The third kappa shape index (κ3) is 6.03. The number of hydrogen-bond acceptors (Lipinski definition) is 0. The zero-order valence-corrected chi connectivity index (χ0v) is 16.3. The molecule has 25 heavy (non-hydrogen) atoms. The van der Waals surface area contributed by atoms with Crippen LogP contribution in [-0.2, 0) is 6.42 Å². The van der Waals surface area contributed by atoms with Gasteiger partial charge in [-0.15, -0.1) is 0 Å². The minimum absolute atomic E-state index is 0.758. The number of hydrogen-bond donors (Lipinski definition) is 0. The van der Waals surface area contributed by atoms with Gasteiger partial charge in [0, 0.05) is 0 Å². The van der Waals surface area contributed by atoms with Crippen LogP contribution < -0.4 is 0 Å². The van der Waals surface area contributed by atoms with Crippen molar-refractivity contribution in [1.29, 1.82) is 0 Å². The molecule has 0 amide bonds. The fourth-order valence-electron chi connectivity index (χ4n) is 3.78. The zero-order valence-electron chi connectivity index (χ0n) is 16.3. The maximum absolute atomic E-state index is 2.36. The molecule has 0 bridgehead atoms. The van der Waals surface area contributed by atoms with Crippen LogP contribution in [0, 0.1) is 25.7 Å². The van der Waals surface area contributed by atoms with Crippen LogP contribution in [0.5, 0.6) is 0 Å². The molecule has 134 valence electrons. The predicted octanol–water partition coefficient (Wildman–Crippen LogP) is 7.24. The van der Waals surface area contributed by atoms with E-state index in [1.165, 1.54) is 56.1 Å². The molecule has 2 aromatic rings. The highest BCUT2D eigenvalue weighted by molar-refractivity contribution is 5.28. The molecule has 0 N–H and O–H groups in total. The van der Waals surface area contributed by atoms with Gasteiger partial charge in [-0.25, -0.2) is 0 Å². The third-order valence-corrected chi connectivity index (χ3v) is 5.88. The normalized spacial score (nSPS) is 17.6. The van der Waals surface area contributed by atoms with Gasteiger partial charge in [0.25, 0.3) is 0 Å². The van der Waals surface area contributed by atoms with Gasteiger partial charge in [-0.3, -0.25) is 0 Å². The maximum atomic E-state index is 2.36. The van der Waals surface area contributed by atoms with Crippen molar-refractivity contribution in [3.05, 3.63) is 70.8 Å². The summed E-state index contributed by atoms with van der Waals surface area (Å²) in [6.07, 6.45) is 9.98. The van der Waals surface area contributed by atoms with Gasteiger partial charge in [-0.2, -0.15) is 0 Å². The standard InChI is InChI=1S/C13H18.C12H16/c1-10-5-3-4-6-13(10)11(2)9-12-7-8-12;1-10-4-2-3-5-12(10)9-8-11-6-7-11/h3-6,11-12H,7-9H2,1-2H3;2-5,11H,6-9H2,1H3. The Kier molecular flexibility index (Phi) is 6.34. The first kappa shape index (κ1) is 18.2. The third-order valence-electron chi connectivity index (χ3n) is 5.88. The van der Waals surface area contributed by atoms with E-state index in [0.29, 0.717) is 0 Å². The second kappa shape index (κ2) is 8.70. The molecule has 0 heteroatoms. The molecule has 4 rings (SSSR count). The molecule has 0 nitrogen and oxygen atoms in total. The van der Waals surface area contributed by atoms with Crippen molar-refractivity contribution in [3.8, 4) is 0 Å². The first-order valence-corrected chi connectivity index (χ1v) is 10.2. The van der Waals surface area contributed by atoms with Gasteiger partial charge < -0.3 is 0 Å². The first-order valence-electron chi connectivity index (χ1n) is 10.2. The van der Waals surface area contributed by atoms with E-state index in [0.717, 1.165) is 17.8 Å². The maximum Gasteiger partial charge on any atom is -0.0185 e. The molecule has 2 aromatic carbocycles. The minimum atomic E-state index is 0.758. The highest BCUT2D eigenvalue weighted by Gasteiger charge is 2.24. The van der Waals surface area contributed by atoms with Gasteiger partial charge in [-0.05, 0) is 73.1 Å². The molecule has 0 aromatic heterocycles. The van der Waals surface area contributed by atoms with Crippen molar-refractivity contribution in [2.24, 2.45) is 11.8 Å². The molecule has 0 radical (unpaired) electrons. The Morgan fingerprint density at radius 3 is 2.00 bits per heavy atom. The van der Waals surface area contributed by atoms with Crippen LogP contribution in [0.1, 0.15) is 73.6 Å². The molecule has 1 unspecified atom stereocenters. The quantitative estimate of drug-likeness (QED) is 0.522. The Morgan fingerprint density at radius 2 is 1.40 bits per heavy atom. The van der Waals surface area contributed by atoms with Crippen LogP contribution in [0.2, 0.25) is 0 Å². The van der Waals surface area contributed by atoms with E-state index >= 15 is 0 Å². The summed E-state index contributed by atoms with van der Waals surface area (Å²) in [6.45, 7) is 6.79. The lowest BCUT2D eigenvalue weighted by molar-refractivity contribution is 0.616. The highest BCUT2D eigenvalue weighted by atomic mass is 14.3. The molecule has 1 atom stereocenters. The molecule has 0 saturated heterocycles. The second-order valence-electron chi connectivity index (χ2n) is 8.35. The zero-order chi connectivity index (χ0) is 17.6. The van der Waals surface area contributed by atoms with E-state index in [1.807, 2.05) is 0 Å². The fraction of sp³-hybridized carbons (Fsp3) is 0.520. The summed E-state index contributed by atoms with van der Waals surface area (Å²) in [6, 6.07) is 17.5. The van der Waals surface area contributed by atoms with E-state index in [1.54, 1.807) is 11.1 Å². The lowest BCUT2D eigenvalue weighted by Gasteiger charge is -2.13. The monoisotopic (exact) mass is 334 g/mol. The van der Waals surface area contributed by atoms with Gasteiger partial charge in [0.1, 0.15) is 0 Å². The summed E-state index contributed by atoms with van der Waals surface area (Å²) in [5, 5.41) is 0. The minimum Gasteiger partial charge on any atom is -0.0620 e. The van der Waals surface area contributed by atoms with Crippen LogP contribution in [0.3, 0.4) is 0 Å². The summed E-state index contributed by atoms with van der Waals surface area (Å²) in [5.41, 5.74) is 6.01. The average Bonchev–Trinajstić information content (AvgIpc) is 3.51. The summed E-state index contributed by atoms with van der Waals surface area (Å²) >= 11 is 0. The highest BCUT2D eigenvalue weighted by Crippen LogP contribution is 2.38. The van der Waals surface area contributed by atoms with Crippen molar-refractivity contribution < 1.29 is 0 Å². The number of rotatable bonds is 6. The van der Waals surface area contributed by atoms with Crippen LogP contribution in [0.15, 0.2) is 48.5 Å². The Balaban J connectivity index is 0.000000146. The van der Waals surface area contributed by atoms with Crippen LogP contribution in [0.4, 0.5) is 0 Å². The Morgan fingerprint density at radius 1 is 0.800 bits per heavy atom. The molecule has 2 aliphatic rings. The van der Waals surface area contributed by atoms with E-state index in [-0.39, 0.29) is 0 Å². The van der Waals surface area contributed by atoms with Gasteiger partial charge in [0.15, 0.2) is 0 Å². The summed E-state index contributed by atoms with van der Waals surface area (Å²) in [5.74, 6) is 2.85. The molecular weight excluding hydrogens is 300 g/mol. The van der Waals surface area contributed by atoms with Crippen molar-refractivity contribution in [3.63, 3.8) is 0 Å². The summed E-state index contributed by atoms with van der Waals surface area (Å²) in [7, 11) is 0. The van der Waals surface area contributed by atoms with Gasteiger partial charge in [0.05, 0.1) is 0 Å². The molecule has 0 aliphatic heterocycles. The van der Waals surface area contributed by atoms with E-state index in [9.17, 15) is 0 Å². The van der Waals surface area contributed by atoms with Crippen LogP contribution in [-0.4, -0.2) is 0 Å². The van der Waals surface area contributed by atoms with Crippen molar-refractivity contribution >= 4 is 0 Å². The van der Waals surface area contributed by atoms with Crippen molar-refractivity contribution in [2.45, 2.75) is 71.6 Å². The fourth-order valence-corrected chi connectivity index (χ4v) is 3.78. The Bertz CT molecular complexity index is 661. The summed E-state index contributed by atoms with van der Waals surface area (Å²) in [4.78, 5) is 0. The van der Waals surface area contributed by atoms with Crippen molar-refractivity contribution in [1.82, 2.24) is 0 Å². The SMILES string of the molecule is Cc1ccccc1C(C)CC1CC1.Cc1ccccc1CCC1CC1. The number of aryl methyl sites for hydroxylation is 3. The first-order chi connectivity index (χ1) is 12.1. The van der Waals surface area contributed by atoms with Gasteiger partial charge in [-0.1, -0.05) is 81.1 Å². The van der Waals surface area contributed by atoms with Crippen LogP contribution >= 0.6 is 0 Å². The van der Waals surface area contributed by atoms with E-state index in [2.05, 4.69) is 69.3 Å². The van der Waals surface area contributed by atoms with Crippen molar-refractivity contribution in [2.75, 3.05) is 0 Å². The van der Waals surface area contributed by atoms with Crippen LogP contribution in [0.25, 0.3) is 0 Å². The van der Waals surface area contributed by atoms with E-state index < -0.39 is 0 Å². The summed E-state index contributed by atoms with van der Waals surface area (Å²) < 4.78 is 0. The Hall–Kier alpha value is -1.56. The van der Waals surface area contributed by atoms with E-state index in [4.69, 9.17) is 0 Å². The molecule has 0 heterocycles. The number of benzene rings is 2. The largest absolute Gasteiger partial charge is 0.0620 e. The molecule has 2 saturated carbocycles. The Labute approximate surface area is 154 Å². The van der Waals surface area contributed by atoms with Gasteiger partial charge >= 0.3 is 0 Å². The molecular formula is C25H34. The molecule has 2 fully saturated rings. The second-order valence-corrected chi connectivity index (χ2v) is 8.35. The predicted molar refractivity (Wildman–Crippen MR) is 109 cm³/mol. The smallest absolute Gasteiger partial charge is 0.0185 e. The average molecular weight is 335 g/mol. The topological polar surface area (TPSA) is 0 Å². The lowest BCUT2D eigenvalue weighted by Crippen LogP contribution is -1.97. The molecule has 0 spiro atoms.